The van der Waals surface area contributed by atoms with E-state index in [0.29, 0.717) is 22.9 Å². The lowest BCUT2D eigenvalue weighted by Gasteiger charge is -2.43. The van der Waals surface area contributed by atoms with E-state index < -0.39 is 29.9 Å². The van der Waals surface area contributed by atoms with Crippen LogP contribution in [0.1, 0.15) is 32.3 Å². The quantitative estimate of drug-likeness (QED) is 0.704. The first kappa shape index (κ1) is 19.1. The van der Waals surface area contributed by atoms with E-state index in [-0.39, 0.29) is 0 Å². The van der Waals surface area contributed by atoms with Crippen LogP contribution in [0.15, 0.2) is 30.3 Å². The van der Waals surface area contributed by atoms with Crippen molar-refractivity contribution in [1.82, 2.24) is 10.4 Å². The van der Waals surface area contributed by atoms with Gasteiger partial charge in [0.1, 0.15) is 0 Å². The number of hydrogen-bond donors (Lipinski definition) is 3. The van der Waals surface area contributed by atoms with Crippen LogP contribution < -0.4 is 5.43 Å². The summed E-state index contributed by atoms with van der Waals surface area (Å²) in [6, 6.07) is 6.49. The van der Waals surface area contributed by atoms with Crippen LogP contribution in [0.5, 0.6) is 0 Å². The summed E-state index contributed by atoms with van der Waals surface area (Å²) in [6.07, 6.45) is 1.21. The number of carboxylic acid groups (broad SMARTS) is 2. The zero-order chi connectivity index (χ0) is 18.6. The summed E-state index contributed by atoms with van der Waals surface area (Å²) >= 11 is 5.86. The topological polar surface area (TPSA) is 99.1 Å². The molecule has 0 bridgehead atoms. The fraction of sp³-hybridized carbons (Fsp3) is 0.412. The van der Waals surface area contributed by atoms with Gasteiger partial charge in [0.15, 0.2) is 0 Å². The predicted octanol–water partition coefficient (Wildman–Crippen LogP) is 3.84. The molecule has 2 atom stereocenters. The lowest BCUT2D eigenvalue weighted by atomic mass is 9.90. The van der Waals surface area contributed by atoms with Gasteiger partial charge < -0.3 is 14.9 Å². The van der Waals surface area contributed by atoms with E-state index in [4.69, 9.17) is 21.4 Å². The molecule has 0 radical (unpaired) electrons. The molecule has 1 aromatic carbocycles. The minimum Gasteiger partial charge on any atom is -0.464 e. The number of rotatable bonds is 3. The third-order valence-corrected chi connectivity index (χ3v) is 4.23. The van der Waals surface area contributed by atoms with Gasteiger partial charge in [0, 0.05) is 5.02 Å². The van der Waals surface area contributed by atoms with Crippen LogP contribution in [0.3, 0.4) is 0 Å². The fourth-order valence-corrected chi connectivity index (χ4v) is 2.89. The van der Waals surface area contributed by atoms with E-state index in [1.54, 1.807) is 24.3 Å². The van der Waals surface area contributed by atoms with Crippen molar-refractivity contribution in [2.45, 2.75) is 44.4 Å². The molecule has 1 saturated heterocycles. The Kier molecular flexibility index (Phi) is 5.92. The monoisotopic (exact) mass is 368 g/mol. The molecule has 0 spiro atoms. The van der Waals surface area contributed by atoms with Crippen LogP contribution in [0.25, 0.3) is 6.08 Å². The van der Waals surface area contributed by atoms with E-state index in [2.05, 4.69) is 0 Å². The Morgan fingerprint density at radius 2 is 1.96 bits per heavy atom. The van der Waals surface area contributed by atoms with Crippen LogP contribution in [0.4, 0.5) is 9.59 Å². The lowest BCUT2D eigenvalue weighted by molar-refractivity contribution is -0.124. The number of carbonyl (C=O) groups is 2. The van der Waals surface area contributed by atoms with E-state index in [9.17, 15) is 14.7 Å². The molecule has 136 valence electrons. The zero-order valence-electron chi connectivity index (χ0n) is 14.0. The molecule has 0 aliphatic carbocycles. The second-order valence-corrected chi connectivity index (χ2v) is 6.86. The molecule has 2 rings (SSSR count). The second kappa shape index (κ2) is 7.76. The van der Waals surface area contributed by atoms with E-state index in [0.717, 1.165) is 5.56 Å². The normalized spacial score (nSPS) is 22.5. The van der Waals surface area contributed by atoms with Gasteiger partial charge in [-0.3, -0.25) is 0 Å². The summed E-state index contributed by atoms with van der Waals surface area (Å²) in [5.74, 6) is 0. The van der Waals surface area contributed by atoms with Crippen molar-refractivity contribution in [3.8, 4) is 0 Å². The summed E-state index contributed by atoms with van der Waals surface area (Å²) < 4.78 is 5.99. The predicted molar refractivity (Wildman–Crippen MR) is 93.5 cm³/mol. The van der Waals surface area contributed by atoms with Crippen molar-refractivity contribution < 1.29 is 24.5 Å². The molecule has 2 amide bonds. The molecule has 1 aliphatic heterocycles. The van der Waals surface area contributed by atoms with Gasteiger partial charge in [-0.1, -0.05) is 35.9 Å². The highest BCUT2D eigenvalue weighted by molar-refractivity contribution is 6.30. The third-order valence-electron chi connectivity index (χ3n) is 3.98. The number of benzene rings is 1. The number of ether oxygens (including phenoxy) is 1. The summed E-state index contributed by atoms with van der Waals surface area (Å²) in [5, 5.41) is 19.5. The van der Waals surface area contributed by atoms with Crippen LogP contribution in [0.2, 0.25) is 5.02 Å². The molecule has 1 heterocycles. The Morgan fingerprint density at radius 1 is 1.32 bits per heavy atom. The summed E-state index contributed by atoms with van der Waals surface area (Å²) in [7, 11) is 0. The number of hydrazine groups is 1. The van der Waals surface area contributed by atoms with Gasteiger partial charge in [0.05, 0.1) is 17.7 Å². The van der Waals surface area contributed by atoms with Crippen LogP contribution in [-0.4, -0.2) is 45.2 Å². The van der Waals surface area contributed by atoms with Gasteiger partial charge in [-0.15, -0.1) is 0 Å². The van der Waals surface area contributed by atoms with E-state index in [1.807, 2.05) is 31.4 Å². The fourth-order valence-electron chi connectivity index (χ4n) is 2.76. The molecule has 7 nitrogen and oxygen atoms in total. The van der Waals surface area contributed by atoms with Crippen LogP contribution >= 0.6 is 11.6 Å². The van der Waals surface area contributed by atoms with Gasteiger partial charge in [-0.25, -0.2) is 20.0 Å². The van der Waals surface area contributed by atoms with Crippen LogP contribution in [0, 0.1) is 0 Å². The molecule has 8 heteroatoms. The number of hydrogen-bond acceptors (Lipinski definition) is 3. The first-order chi connectivity index (χ1) is 11.7. The van der Waals surface area contributed by atoms with Gasteiger partial charge in [0.2, 0.25) is 0 Å². The van der Waals surface area contributed by atoms with Gasteiger partial charge in [-0.2, -0.15) is 0 Å². The Labute approximate surface area is 150 Å². The highest BCUT2D eigenvalue weighted by Crippen LogP contribution is 2.31. The van der Waals surface area contributed by atoms with E-state index in [1.165, 1.54) is 0 Å². The first-order valence-corrected chi connectivity index (χ1v) is 8.19. The smallest absolute Gasteiger partial charge is 0.426 e. The lowest BCUT2D eigenvalue weighted by Crippen LogP contribution is -2.58. The van der Waals surface area contributed by atoms with Gasteiger partial charge >= 0.3 is 12.2 Å². The summed E-state index contributed by atoms with van der Waals surface area (Å²) in [6.45, 7) is 3.84. The number of nitrogens with zero attached hydrogens (tertiary/aromatic N) is 1. The molecule has 0 saturated carbocycles. The Morgan fingerprint density at radius 3 is 2.52 bits per heavy atom. The molecule has 1 unspecified atom stereocenters. The minimum absolute atomic E-state index is 0.432. The summed E-state index contributed by atoms with van der Waals surface area (Å²) in [4.78, 5) is 22.4. The molecular formula is C17H21ClN2O5. The zero-order valence-corrected chi connectivity index (χ0v) is 14.7. The maximum Gasteiger partial charge on any atom is 0.426 e. The van der Waals surface area contributed by atoms with Crippen molar-refractivity contribution in [3.63, 3.8) is 0 Å². The first-order valence-electron chi connectivity index (χ1n) is 7.81. The highest BCUT2D eigenvalue weighted by Gasteiger charge is 2.40. The molecule has 1 fully saturated rings. The maximum absolute atomic E-state index is 11.5. The average molecular weight is 369 g/mol. The molecule has 0 aromatic heterocycles. The van der Waals surface area contributed by atoms with Crippen molar-refractivity contribution in [3.05, 3.63) is 40.9 Å². The summed E-state index contributed by atoms with van der Waals surface area (Å²) in [5.41, 5.74) is 2.38. The van der Waals surface area contributed by atoms with Crippen molar-refractivity contribution in [1.29, 1.82) is 0 Å². The average Bonchev–Trinajstić information content (AvgIpc) is 2.51. The van der Waals surface area contributed by atoms with E-state index >= 15 is 0 Å². The van der Waals surface area contributed by atoms with Gasteiger partial charge in [0.25, 0.3) is 0 Å². The van der Waals surface area contributed by atoms with Crippen LogP contribution in [-0.2, 0) is 4.74 Å². The molecule has 1 aromatic rings. The SMILES string of the molecule is CC1(C)CCC(N(NC(=O)O)C(=O)O)[C@@H](/C=C/c2ccc(Cl)cc2)O1. The molecule has 1 aliphatic rings. The molecular weight excluding hydrogens is 348 g/mol. The number of amides is 2. The third kappa shape index (κ3) is 5.37. The number of halogens is 1. The van der Waals surface area contributed by atoms with Crippen molar-refractivity contribution in [2.75, 3.05) is 0 Å². The Balaban J connectivity index is 2.25. The Bertz CT molecular complexity index is 660. The second-order valence-electron chi connectivity index (χ2n) is 6.43. The largest absolute Gasteiger partial charge is 0.464 e. The number of nitrogens with one attached hydrogen (secondary N) is 1. The highest BCUT2D eigenvalue weighted by atomic mass is 35.5. The van der Waals surface area contributed by atoms with Gasteiger partial charge in [-0.05, 0) is 44.4 Å². The Hall–Kier alpha value is -2.25. The molecule has 25 heavy (non-hydrogen) atoms. The van der Waals surface area contributed by atoms with Crippen molar-refractivity contribution >= 4 is 29.9 Å². The molecule has 3 N–H and O–H groups in total. The van der Waals surface area contributed by atoms with Crippen molar-refractivity contribution in [2.24, 2.45) is 0 Å². The minimum atomic E-state index is -1.44. The maximum atomic E-state index is 11.5. The standard InChI is InChI=1S/C17H21ClN2O5/c1-17(2)10-9-13(20(16(23)24)19-15(21)22)14(25-17)8-5-11-3-6-12(18)7-4-11/h3-8,13-14,19H,9-10H2,1-2H3,(H,21,22)(H,23,24)/b8-5+/t13?,14-/m1/s1.